The van der Waals surface area contributed by atoms with Gasteiger partial charge in [-0.1, -0.05) is 25.2 Å². The van der Waals surface area contributed by atoms with Crippen molar-refractivity contribution < 1.29 is 4.74 Å². The van der Waals surface area contributed by atoms with Crippen LogP contribution in [0.4, 0.5) is 5.13 Å². The van der Waals surface area contributed by atoms with E-state index in [1.807, 2.05) is 19.0 Å². The van der Waals surface area contributed by atoms with Crippen molar-refractivity contribution in [1.29, 1.82) is 0 Å². The smallest absolute Gasteiger partial charge is 0.230 e. The Balaban J connectivity index is 2.76. The lowest BCUT2D eigenvalue weighted by atomic mass is 10.4. The van der Waals surface area contributed by atoms with Crippen molar-refractivity contribution in [3.63, 3.8) is 0 Å². The largest absolute Gasteiger partial charge is 0.480 e. The maximum atomic E-state index is 5.24. The number of methoxy groups -OCH3 is 1. The van der Waals surface area contributed by atoms with Crippen LogP contribution >= 0.6 is 11.3 Å². The van der Waals surface area contributed by atoms with Gasteiger partial charge in [-0.15, -0.1) is 0 Å². The van der Waals surface area contributed by atoms with E-state index in [2.05, 4.69) is 24.1 Å². The summed E-state index contributed by atoms with van der Waals surface area (Å²) in [5, 5.41) is 4.34. The van der Waals surface area contributed by atoms with Gasteiger partial charge in [0.15, 0.2) is 5.13 Å². The highest BCUT2D eigenvalue weighted by Crippen LogP contribution is 2.30. The van der Waals surface area contributed by atoms with E-state index < -0.39 is 0 Å². The molecule has 15 heavy (non-hydrogen) atoms. The van der Waals surface area contributed by atoms with Crippen LogP contribution in [0.5, 0.6) is 5.88 Å². The monoisotopic (exact) mass is 229 g/mol. The molecule has 0 amide bonds. The second kappa shape index (κ2) is 5.32. The topological polar surface area (TPSA) is 37.4 Å². The Kier molecular flexibility index (Phi) is 4.35. The van der Waals surface area contributed by atoms with Gasteiger partial charge < -0.3 is 15.0 Å². The highest BCUT2D eigenvalue weighted by molar-refractivity contribution is 7.15. The first kappa shape index (κ1) is 12.3. The van der Waals surface area contributed by atoms with Crippen LogP contribution in [0.1, 0.15) is 18.7 Å². The molecule has 1 rings (SSSR count). The van der Waals surface area contributed by atoms with Crippen molar-refractivity contribution in [2.24, 2.45) is 0 Å². The maximum Gasteiger partial charge on any atom is 0.230 e. The molecule has 0 aliphatic carbocycles. The molecule has 0 atom stereocenters. The Hall–Kier alpha value is -0.810. The summed E-state index contributed by atoms with van der Waals surface area (Å²) in [7, 11) is 5.63. The van der Waals surface area contributed by atoms with Crippen LogP contribution in [-0.2, 0) is 6.54 Å². The average Bonchev–Trinajstić information content (AvgIpc) is 2.57. The van der Waals surface area contributed by atoms with Crippen molar-refractivity contribution in [1.82, 2.24) is 10.3 Å². The zero-order chi connectivity index (χ0) is 11.4. The highest BCUT2D eigenvalue weighted by Gasteiger charge is 2.12. The average molecular weight is 229 g/mol. The first-order chi connectivity index (χ1) is 7.04. The summed E-state index contributed by atoms with van der Waals surface area (Å²) in [4.78, 5) is 7.53. The molecule has 0 bridgehead atoms. The fourth-order valence-corrected chi connectivity index (χ4v) is 1.99. The van der Waals surface area contributed by atoms with E-state index in [9.17, 15) is 0 Å². The molecule has 1 aromatic heterocycles. The first-order valence-corrected chi connectivity index (χ1v) is 5.80. The predicted molar refractivity (Wildman–Crippen MR) is 65.0 cm³/mol. The van der Waals surface area contributed by atoms with Gasteiger partial charge in [-0.25, -0.2) is 0 Å². The van der Waals surface area contributed by atoms with Crippen molar-refractivity contribution in [3.05, 3.63) is 4.88 Å². The molecule has 4 nitrogen and oxygen atoms in total. The zero-order valence-corrected chi connectivity index (χ0v) is 10.8. The van der Waals surface area contributed by atoms with E-state index in [4.69, 9.17) is 4.74 Å². The summed E-state index contributed by atoms with van der Waals surface area (Å²) in [6.07, 6.45) is 0. The summed E-state index contributed by atoms with van der Waals surface area (Å²) in [6.45, 7) is 5.06. The molecule has 0 saturated heterocycles. The normalized spacial score (nSPS) is 10.8. The third-order valence-electron chi connectivity index (χ3n) is 1.90. The Bertz CT molecular complexity index is 310. The summed E-state index contributed by atoms with van der Waals surface area (Å²) < 4.78 is 5.24. The number of nitrogens with zero attached hydrogens (tertiary/aromatic N) is 2. The third kappa shape index (κ3) is 3.35. The summed E-state index contributed by atoms with van der Waals surface area (Å²) in [5.41, 5.74) is 0. The van der Waals surface area contributed by atoms with Crippen LogP contribution in [0, 0.1) is 0 Å². The highest BCUT2D eigenvalue weighted by atomic mass is 32.1. The van der Waals surface area contributed by atoms with Crippen molar-refractivity contribution >= 4 is 16.5 Å². The van der Waals surface area contributed by atoms with E-state index in [1.54, 1.807) is 18.4 Å². The van der Waals surface area contributed by atoms with E-state index in [0.717, 1.165) is 22.4 Å². The lowest BCUT2D eigenvalue weighted by Gasteiger charge is -2.06. The van der Waals surface area contributed by atoms with Gasteiger partial charge in [0.1, 0.15) is 0 Å². The fourth-order valence-electron chi connectivity index (χ4n) is 1.09. The molecule has 0 saturated carbocycles. The molecule has 0 aliphatic rings. The minimum Gasteiger partial charge on any atom is -0.480 e. The molecular formula is C10H19N3OS. The van der Waals surface area contributed by atoms with Gasteiger partial charge in [-0.05, 0) is 0 Å². The molecule has 1 aromatic rings. The van der Waals surface area contributed by atoms with Crippen LogP contribution < -0.4 is 15.0 Å². The molecule has 0 unspecified atom stereocenters. The maximum absolute atomic E-state index is 5.24. The molecule has 86 valence electrons. The SMILES string of the molecule is COc1nc(N(C)C)sc1CNC(C)C. The van der Waals surface area contributed by atoms with Crippen molar-refractivity contribution in [2.75, 3.05) is 26.1 Å². The van der Waals surface area contributed by atoms with E-state index in [0.29, 0.717) is 6.04 Å². The Morgan fingerprint density at radius 3 is 2.60 bits per heavy atom. The number of ether oxygens (including phenoxy) is 1. The van der Waals surface area contributed by atoms with Gasteiger partial charge in [-0.3, -0.25) is 0 Å². The second-order valence-corrected chi connectivity index (χ2v) is 4.92. The molecule has 0 aromatic carbocycles. The molecule has 1 N–H and O–H groups in total. The molecule has 1 heterocycles. The van der Waals surface area contributed by atoms with Gasteiger partial charge in [0, 0.05) is 26.7 Å². The summed E-state index contributed by atoms with van der Waals surface area (Å²) in [6, 6.07) is 0.472. The van der Waals surface area contributed by atoms with Crippen LogP contribution in [0.3, 0.4) is 0 Å². The minimum atomic E-state index is 0.472. The Morgan fingerprint density at radius 1 is 1.47 bits per heavy atom. The van der Waals surface area contributed by atoms with Gasteiger partial charge in [0.25, 0.3) is 0 Å². The van der Waals surface area contributed by atoms with Crippen LogP contribution in [0.2, 0.25) is 0 Å². The van der Waals surface area contributed by atoms with E-state index in [1.165, 1.54) is 0 Å². The minimum absolute atomic E-state index is 0.472. The summed E-state index contributed by atoms with van der Waals surface area (Å²) in [5.74, 6) is 0.733. The molecule has 5 heteroatoms. The number of aromatic nitrogens is 1. The molecule has 0 fully saturated rings. The predicted octanol–water partition coefficient (Wildman–Crippen LogP) is 1.72. The number of hydrogen-bond donors (Lipinski definition) is 1. The lowest BCUT2D eigenvalue weighted by molar-refractivity contribution is 0.394. The number of anilines is 1. The summed E-state index contributed by atoms with van der Waals surface area (Å²) >= 11 is 1.66. The van der Waals surface area contributed by atoms with Gasteiger partial charge in [0.05, 0.1) is 12.0 Å². The molecule has 0 radical (unpaired) electrons. The van der Waals surface area contributed by atoms with Crippen LogP contribution in [0.25, 0.3) is 0 Å². The van der Waals surface area contributed by atoms with Gasteiger partial charge in [0.2, 0.25) is 5.88 Å². The van der Waals surface area contributed by atoms with Gasteiger partial charge >= 0.3 is 0 Å². The van der Waals surface area contributed by atoms with Crippen LogP contribution in [0.15, 0.2) is 0 Å². The number of rotatable bonds is 5. The zero-order valence-electron chi connectivity index (χ0n) is 10.00. The number of nitrogens with one attached hydrogen (secondary N) is 1. The Labute approximate surface area is 95.3 Å². The first-order valence-electron chi connectivity index (χ1n) is 4.99. The third-order valence-corrected chi connectivity index (χ3v) is 3.10. The van der Waals surface area contributed by atoms with E-state index in [-0.39, 0.29) is 0 Å². The van der Waals surface area contributed by atoms with Crippen molar-refractivity contribution in [3.8, 4) is 5.88 Å². The van der Waals surface area contributed by atoms with E-state index >= 15 is 0 Å². The quantitative estimate of drug-likeness (QED) is 0.834. The standard InChI is InChI=1S/C10H19N3OS/c1-7(2)11-6-8-9(14-5)12-10(15-8)13(3)4/h7,11H,6H2,1-5H3. The lowest BCUT2D eigenvalue weighted by Crippen LogP contribution is -2.21. The molecule has 0 aliphatic heterocycles. The van der Waals surface area contributed by atoms with Crippen molar-refractivity contribution in [2.45, 2.75) is 26.4 Å². The Morgan fingerprint density at radius 2 is 2.13 bits per heavy atom. The molecular weight excluding hydrogens is 210 g/mol. The molecule has 0 spiro atoms. The van der Waals surface area contributed by atoms with Crippen LogP contribution in [-0.4, -0.2) is 32.2 Å². The van der Waals surface area contributed by atoms with Gasteiger partial charge in [-0.2, -0.15) is 4.98 Å². The fraction of sp³-hybridized carbons (Fsp3) is 0.700. The number of thiazole rings is 1. The number of hydrogen-bond acceptors (Lipinski definition) is 5. The second-order valence-electron chi connectivity index (χ2n) is 3.86.